The minimum atomic E-state index is -0.718. The maximum Gasteiger partial charge on any atom is 0.137 e. The number of benzene rings is 1. The molecule has 1 heterocycles. The van der Waals surface area contributed by atoms with Gasteiger partial charge in [0.2, 0.25) is 0 Å². The highest BCUT2D eigenvalue weighted by Crippen LogP contribution is 2.36. The van der Waals surface area contributed by atoms with Gasteiger partial charge in [0.15, 0.2) is 0 Å². The molecule has 4 nitrogen and oxygen atoms in total. The van der Waals surface area contributed by atoms with Crippen LogP contribution in [0.4, 0.5) is 0 Å². The predicted octanol–water partition coefficient (Wildman–Crippen LogP) is 3.49. The summed E-state index contributed by atoms with van der Waals surface area (Å²) < 4.78 is 1.75. The lowest BCUT2D eigenvalue weighted by Crippen LogP contribution is -2.42. The molecule has 2 aromatic rings. The van der Waals surface area contributed by atoms with Crippen LogP contribution in [-0.4, -0.2) is 25.5 Å². The topological polar surface area (TPSA) is 50.9 Å². The summed E-state index contributed by atoms with van der Waals surface area (Å²) in [6, 6.07) is 7.96. The van der Waals surface area contributed by atoms with E-state index in [1.54, 1.807) is 11.0 Å². The Morgan fingerprint density at radius 1 is 1.23 bits per heavy atom. The van der Waals surface area contributed by atoms with Crippen LogP contribution in [0.1, 0.15) is 37.7 Å². The molecule has 1 N–H and O–H groups in total. The zero-order valence-electron chi connectivity index (χ0n) is 12.7. The van der Waals surface area contributed by atoms with E-state index in [0.29, 0.717) is 6.54 Å². The van der Waals surface area contributed by atoms with E-state index in [1.807, 2.05) is 12.1 Å². The molecule has 0 bridgehead atoms. The van der Waals surface area contributed by atoms with Gasteiger partial charge >= 0.3 is 0 Å². The molecule has 1 aromatic carbocycles. The molecule has 0 saturated heterocycles. The van der Waals surface area contributed by atoms with Crippen LogP contribution < -0.4 is 0 Å². The minimum Gasteiger partial charge on any atom is -0.388 e. The van der Waals surface area contributed by atoms with Gasteiger partial charge in [-0.3, -0.25) is 4.68 Å². The second-order valence-corrected chi connectivity index (χ2v) is 6.76. The number of halogens is 1. The van der Waals surface area contributed by atoms with Gasteiger partial charge in [-0.2, -0.15) is 5.10 Å². The zero-order chi connectivity index (χ0) is 15.4. The number of rotatable bonds is 4. The van der Waals surface area contributed by atoms with Gasteiger partial charge in [-0.15, -0.1) is 0 Å². The van der Waals surface area contributed by atoms with Crippen LogP contribution in [0.15, 0.2) is 36.9 Å². The monoisotopic (exact) mass is 319 g/mol. The van der Waals surface area contributed by atoms with E-state index < -0.39 is 5.60 Å². The van der Waals surface area contributed by atoms with E-state index in [9.17, 15) is 5.11 Å². The molecule has 1 saturated carbocycles. The molecule has 0 radical (unpaired) electrons. The van der Waals surface area contributed by atoms with Crippen LogP contribution in [0.2, 0.25) is 5.02 Å². The SMILES string of the molecule is O[C@@]1(Cn2cncn2)CCCCC[C@@H]1Cc1ccc(Cl)cc1. The van der Waals surface area contributed by atoms with Gasteiger partial charge in [0.05, 0.1) is 12.1 Å². The van der Waals surface area contributed by atoms with Crippen molar-refractivity contribution in [1.29, 1.82) is 0 Å². The van der Waals surface area contributed by atoms with Gasteiger partial charge in [-0.25, -0.2) is 4.98 Å². The van der Waals surface area contributed by atoms with E-state index in [-0.39, 0.29) is 5.92 Å². The lowest BCUT2D eigenvalue weighted by atomic mass is 9.79. The van der Waals surface area contributed by atoms with Crippen LogP contribution >= 0.6 is 11.6 Å². The molecule has 1 fully saturated rings. The Kier molecular flexibility index (Phi) is 4.79. The van der Waals surface area contributed by atoms with Crippen molar-refractivity contribution in [3.05, 3.63) is 47.5 Å². The largest absolute Gasteiger partial charge is 0.388 e. The van der Waals surface area contributed by atoms with Crippen LogP contribution in [-0.2, 0) is 13.0 Å². The fraction of sp³-hybridized carbons (Fsp3) is 0.529. The van der Waals surface area contributed by atoms with Gasteiger partial charge in [-0.1, -0.05) is 43.0 Å². The molecular weight excluding hydrogens is 298 g/mol. The molecular formula is C17H22ClN3O. The maximum absolute atomic E-state index is 11.3. The van der Waals surface area contributed by atoms with E-state index in [0.717, 1.165) is 30.7 Å². The van der Waals surface area contributed by atoms with E-state index >= 15 is 0 Å². The average molecular weight is 320 g/mol. The highest BCUT2D eigenvalue weighted by Gasteiger charge is 2.38. The van der Waals surface area contributed by atoms with Crippen molar-refractivity contribution in [3.63, 3.8) is 0 Å². The summed E-state index contributed by atoms with van der Waals surface area (Å²) >= 11 is 5.96. The van der Waals surface area contributed by atoms with E-state index in [4.69, 9.17) is 11.6 Å². The first-order chi connectivity index (χ1) is 10.7. The number of nitrogens with zero attached hydrogens (tertiary/aromatic N) is 3. The number of aromatic nitrogens is 3. The lowest BCUT2D eigenvalue weighted by Gasteiger charge is -2.35. The van der Waals surface area contributed by atoms with Crippen LogP contribution in [0, 0.1) is 5.92 Å². The number of hydrogen-bond donors (Lipinski definition) is 1. The quantitative estimate of drug-likeness (QED) is 0.878. The molecule has 1 aliphatic carbocycles. The summed E-state index contributed by atoms with van der Waals surface area (Å²) in [5.41, 5.74) is 0.512. The van der Waals surface area contributed by atoms with E-state index in [2.05, 4.69) is 22.2 Å². The third-order valence-electron chi connectivity index (χ3n) is 4.72. The smallest absolute Gasteiger partial charge is 0.137 e. The van der Waals surface area contributed by atoms with Gasteiger partial charge in [0.1, 0.15) is 12.7 Å². The third-order valence-corrected chi connectivity index (χ3v) is 4.97. The van der Waals surface area contributed by atoms with Gasteiger partial charge in [-0.05, 0) is 42.9 Å². The normalized spacial score (nSPS) is 25.8. The first-order valence-corrected chi connectivity index (χ1v) is 8.33. The molecule has 2 atom stereocenters. The fourth-order valence-electron chi connectivity index (χ4n) is 3.47. The predicted molar refractivity (Wildman–Crippen MR) is 86.7 cm³/mol. The number of aliphatic hydroxyl groups is 1. The first-order valence-electron chi connectivity index (χ1n) is 7.95. The van der Waals surface area contributed by atoms with Crippen molar-refractivity contribution in [1.82, 2.24) is 14.8 Å². The Morgan fingerprint density at radius 3 is 2.77 bits per heavy atom. The minimum absolute atomic E-state index is 0.236. The highest BCUT2D eigenvalue weighted by atomic mass is 35.5. The summed E-state index contributed by atoms with van der Waals surface area (Å²) in [6.45, 7) is 0.519. The van der Waals surface area contributed by atoms with Crippen LogP contribution in [0.5, 0.6) is 0 Å². The Balaban J connectivity index is 1.79. The molecule has 0 spiro atoms. The van der Waals surface area contributed by atoms with Gasteiger partial charge < -0.3 is 5.11 Å². The molecule has 1 aromatic heterocycles. The summed E-state index contributed by atoms with van der Waals surface area (Å²) in [7, 11) is 0. The second-order valence-electron chi connectivity index (χ2n) is 6.32. The average Bonchev–Trinajstić information content (AvgIpc) is 2.93. The number of hydrogen-bond acceptors (Lipinski definition) is 3. The van der Waals surface area contributed by atoms with Crippen LogP contribution in [0.25, 0.3) is 0 Å². The summed E-state index contributed by atoms with van der Waals surface area (Å²) in [5.74, 6) is 0.236. The molecule has 1 aliphatic rings. The Morgan fingerprint density at radius 2 is 2.05 bits per heavy atom. The molecule has 3 rings (SSSR count). The Hall–Kier alpha value is -1.39. The van der Waals surface area contributed by atoms with Crippen molar-refractivity contribution < 1.29 is 5.11 Å². The van der Waals surface area contributed by atoms with Crippen molar-refractivity contribution in [2.24, 2.45) is 5.92 Å². The Bertz CT molecular complexity index is 584. The van der Waals surface area contributed by atoms with E-state index in [1.165, 1.54) is 24.7 Å². The van der Waals surface area contributed by atoms with Crippen molar-refractivity contribution in [2.75, 3.05) is 0 Å². The molecule has 22 heavy (non-hydrogen) atoms. The lowest BCUT2D eigenvalue weighted by molar-refractivity contribution is -0.0421. The molecule has 0 amide bonds. The molecule has 0 aliphatic heterocycles. The molecule has 5 heteroatoms. The zero-order valence-corrected chi connectivity index (χ0v) is 13.4. The van der Waals surface area contributed by atoms with Crippen LogP contribution in [0.3, 0.4) is 0 Å². The third kappa shape index (κ3) is 3.68. The van der Waals surface area contributed by atoms with Crippen molar-refractivity contribution >= 4 is 11.6 Å². The molecule has 0 unspecified atom stereocenters. The van der Waals surface area contributed by atoms with Gasteiger partial charge in [0.25, 0.3) is 0 Å². The van der Waals surface area contributed by atoms with Gasteiger partial charge in [0, 0.05) is 5.02 Å². The van der Waals surface area contributed by atoms with Crippen molar-refractivity contribution in [2.45, 2.75) is 50.7 Å². The Labute approximate surface area is 136 Å². The first kappa shape index (κ1) is 15.5. The fourth-order valence-corrected chi connectivity index (χ4v) is 3.60. The highest BCUT2D eigenvalue weighted by molar-refractivity contribution is 6.30. The molecule has 118 valence electrons. The summed E-state index contributed by atoms with van der Waals surface area (Å²) in [6.07, 6.45) is 9.40. The summed E-state index contributed by atoms with van der Waals surface area (Å²) in [5, 5.41) is 16.2. The second kappa shape index (κ2) is 6.80. The van der Waals surface area contributed by atoms with Crippen molar-refractivity contribution in [3.8, 4) is 0 Å². The summed E-state index contributed by atoms with van der Waals surface area (Å²) in [4.78, 5) is 3.99. The maximum atomic E-state index is 11.3. The standard InChI is InChI=1S/C17H22ClN3O/c18-16-7-5-14(6-8-16)10-15-4-2-1-3-9-17(15,22)11-21-13-19-12-20-21/h5-8,12-13,15,22H,1-4,9-11H2/t15-,17-/m1/s1.